The van der Waals surface area contributed by atoms with E-state index in [9.17, 15) is 25.3 Å². The highest BCUT2D eigenvalue weighted by atomic mass is 35.5. The molecule has 0 heterocycles. The van der Waals surface area contributed by atoms with Crippen LogP contribution in [-0.4, -0.2) is 23.0 Å². The Kier molecular flexibility index (Phi) is 7.69. The number of nitro benzene ring substituents is 1. The molecule has 0 aliphatic heterocycles. The Morgan fingerprint density at radius 3 is 2.65 bits per heavy atom. The molecular formula is C24H18ClN3O6. The van der Waals surface area contributed by atoms with Crippen molar-refractivity contribution in [1.29, 1.82) is 5.26 Å². The lowest BCUT2D eigenvalue weighted by Gasteiger charge is -2.14. The van der Waals surface area contributed by atoms with E-state index in [1.54, 1.807) is 36.4 Å². The number of non-ortho nitro benzene ring substituents is 1. The molecule has 3 aromatic carbocycles. The number of halogens is 1. The highest BCUT2D eigenvalue weighted by molar-refractivity contribution is 6.30. The van der Waals surface area contributed by atoms with Crippen molar-refractivity contribution in [2.24, 2.45) is 0 Å². The second kappa shape index (κ2) is 10.8. The first kappa shape index (κ1) is 24.1. The Morgan fingerprint density at radius 2 is 2.00 bits per heavy atom. The summed E-state index contributed by atoms with van der Waals surface area (Å²) in [6.45, 7) is 0.159. The number of amides is 1. The number of methoxy groups -OCH3 is 1. The van der Waals surface area contributed by atoms with Gasteiger partial charge in [-0.2, -0.15) is 5.26 Å². The highest BCUT2D eigenvalue weighted by Crippen LogP contribution is 2.34. The number of ether oxygens (including phenoxy) is 2. The Bertz CT molecular complexity index is 1320. The van der Waals surface area contributed by atoms with Crippen LogP contribution in [0.2, 0.25) is 5.02 Å². The number of aromatic hydroxyl groups is 1. The maximum absolute atomic E-state index is 12.7. The first-order valence-electron chi connectivity index (χ1n) is 9.77. The summed E-state index contributed by atoms with van der Waals surface area (Å²) in [5.74, 6) is -0.632. The zero-order valence-corrected chi connectivity index (χ0v) is 18.6. The highest BCUT2D eigenvalue weighted by Gasteiger charge is 2.17. The number of nitrogens with zero attached hydrogens (tertiary/aromatic N) is 2. The Morgan fingerprint density at radius 1 is 1.24 bits per heavy atom. The van der Waals surface area contributed by atoms with E-state index in [1.165, 1.54) is 19.3 Å². The summed E-state index contributed by atoms with van der Waals surface area (Å²) in [5, 5.41) is 33.3. The molecule has 0 saturated heterocycles. The number of benzene rings is 3. The molecule has 34 heavy (non-hydrogen) atoms. The number of hydrogen-bond acceptors (Lipinski definition) is 7. The van der Waals surface area contributed by atoms with Crippen molar-refractivity contribution >= 4 is 35.0 Å². The van der Waals surface area contributed by atoms with Crippen LogP contribution < -0.4 is 14.8 Å². The molecule has 172 valence electrons. The van der Waals surface area contributed by atoms with Crippen molar-refractivity contribution in [3.8, 4) is 23.3 Å². The normalized spacial score (nSPS) is 10.8. The summed E-state index contributed by atoms with van der Waals surface area (Å²) < 4.78 is 11.3. The number of anilines is 1. The van der Waals surface area contributed by atoms with Crippen molar-refractivity contribution in [1.82, 2.24) is 0 Å². The summed E-state index contributed by atoms with van der Waals surface area (Å²) in [6.07, 6.45) is 1.31. The minimum absolute atomic E-state index is 0.0835. The van der Waals surface area contributed by atoms with Gasteiger partial charge < -0.3 is 19.9 Å². The van der Waals surface area contributed by atoms with Gasteiger partial charge in [0.2, 0.25) is 0 Å². The second-order valence-corrected chi connectivity index (χ2v) is 7.32. The van der Waals surface area contributed by atoms with Gasteiger partial charge >= 0.3 is 0 Å². The van der Waals surface area contributed by atoms with Crippen LogP contribution in [0, 0.1) is 21.4 Å². The number of phenolic OH excluding ortho intramolecular Hbond substituents is 1. The van der Waals surface area contributed by atoms with E-state index in [2.05, 4.69) is 5.32 Å². The molecule has 9 nitrogen and oxygen atoms in total. The molecule has 10 heteroatoms. The van der Waals surface area contributed by atoms with Gasteiger partial charge in [0.15, 0.2) is 11.5 Å². The Hall–Kier alpha value is -4.55. The van der Waals surface area contributed by atoms with Crippen LogP contribution in [-0.2, 0) is 11.4 Å². The van der Waals surface area contributed by atoms with Crippen LogP contribution in [0.5, 0.6) is 17.2 Å². The zero-order chi connectivity index (χ0) is 24.7. The number of nitrogens with one attached hydrogen (secondary N) is 1. The topological polar surface area (TPSA) is 135 Å². The van der Waals surface area contributed by atoms with Gasteiger partial charge in [0.25, 0.3) is 11.6 Å². The van der Waals surface area contributed by atoms with Crippen LogP contribution in [0.25, 0.3) is 6.08 Å². The first-order chi connectivity index (χ1) is 16.3. The molecule has 0 bridgehead atoms. The average molecular weight is 480 g/mol. The first-order valence-corrected chi connectivity index (χ1v) is 10.1. The number of rotatable bonds is 8. The van der Waals surface area contributed by atoms with Gasteiger partial charge in [0.1, 0.15) is 24.0 Å². The molecule has 1 amide bonds. The van der Waals surface area contributed by atoms with E-state index in [0.29, 0.717) is 22.1 Å². The van der Waals surface area contributed by atoms with Crippen molar-refractivity contribution in [2.45, 2.75) is 6.61 Å². The number of phenols is 1. The van der Waals surface area contributed by atoms with Crippen LogP contribution in [0.15, 0.2) is 66.2 Å². The minimum Gasteiger partial charge on any atom is -0.506 e. The molecule has 0 radical (unpaired) electrons. The van der Waals surface area contributed by atoms with E-state index < -0.39 is 16.6 Å². The summed E-state index contributed by atoms with van der Waals surface area (Å²) in [7, 11) is 1.46. The number of hydrogen-bond donors (Lipinski definition) is 2. The monoisotopic (exact) mass is 479 g/mol. The molecular weight excluding hydrogens is 462 g/mol. The molecule has 0 aromatic heterocycles. The van der Waals surface area contributed by atoms with Gasteiger partial charge in [-0.3, -0.25) is 14.9 Å². The van der Waals surface area contributed by atoms with Crippen LogP contribution in [0.3, 0.4) is 0 Å². The third kappa shape index (κ3) is 5.82. The smallest absolute Gasteiger partial charge is 0.273 e. The van der Waals surface area contributed by atoms with Crippen LogP contribution in [0.4, 0.5) is 11.4 Å². The van der Waals surface area contributed by atoms with Crippen molar-refractivity contribution in [3.05, 3.63) is 92.5 Å². The largest absolute Gasteiger partial charge is 0.506 e. The molecule has 3 rings (SSSR count). The molecule has 0 saturated carbocycles. The molecule has 3 aromatic rings. The number of nitro groups is 1. The number of carbonyl (C=O) groups excluding carboxylic acids is 1. The van der Waals surface area contributed by atoms with Gasteiger partial charge in [0.05, 0.1) is 23.8 Å². The second-order valence-electron chi connectivity index (χ2n) is 6.88. The maximum atomic E-state index is 12.7. The predicted octanol–water partition coefficient (Wildman–Crippen LogP) is 5.09. The predicted molar refractivity (Wildman–Crippen MR) is 126 cm³/mol. The third-order valence-corrected chi connectivity index (χ3v) is 4.84. The molecule has 0 fully saturated rings. The Balaban J connectivity index is 1.88. The van der Waals surface area contributed by atoms with Crippen molar-refractivity contribution in [3.63, 3.8) is 0 Å². The summed E-state index contributed by atoms with van der Waals surface area (Å²) in [6, 6.07) is 17.1. The van der Waals surface area contributed by atoms with Gasteiger partial charge in [-0.1, -0.05) is 35.9 Å². The molecule has 0 aliphatic rings. The summed E-state index contributed by atoms with van der Waals surface area (Å²) in [5.41, 5.74) is 0.490. The number of carbonyl (C=O) groups is 1. The molecule has 0 atom stereocenters. The fourth-order valence-electron chi connectivity index (χ4n) is 2.98. The van der Waals surface area contributed by atoms with E-state index in [0.717, 1.165) is 17.7 Å². The molecule has 0 spiro atoms. The molecule has 0 unspecified atom stereocenters. The Labute approximate surface area is 199 Å². The third-order valence-electron chi connectivity index (χ3n) is 4.61. The lowest BCUT2D eigenvalue weighted by molar-refractivity contribution is -0.384. The fraction of sp³-hybridized carbons (Fsp3) is 0.0833. The van der Waals surface area contributed by atoms with E-state index in [4.69, 9.17) is 21.1 Å². The number of nitriles is 1. The van der Waals surface area contributed by atoms with Gasteiger partial charge in [-0.05, 0) is 35.9 Å². The number of para-hydroxylation sites is 1. The zero-order valence-electron chi connectivity index (χ0n) is 17.8. The summed E-state index contributed by atoms with van der Waals surface area (Å²) >= 11 is 6.02. The quantitative estimate of drug-likeness (QED) is 0.151. The van der Waals surface area contributed by atoms with Crippen molar-refractivity contribution < 1.29 is 24.3 Å². The average Bonchev–Trinajstić information content (AvgIpc) is 2.82. The van der Waals surface area contributed by atoms with Crippen LogP contribution >= 0.6 is 11.6 Å². The van der Waals surface area contributed by atoms with Crippen molar-refractivity contribution in [2.75, 3.05) is 12.4 Å². The van der Waals surface area contributed by atoms with E-state index in [1.807, 2.05) is 12.1 Å². The van der Waals surface area contributed by atoms with E-state index in [-0.39, 0.29) is 23.6 Å². The standard InChI is InChI=1S/C24H18ClN3O6/c1-33-22-7-3-5-16(23(22)34-14-15-4-2-6-18(25)10-15)11-17(13-26)24(30)27-20-9-8-19(28(31)32)12-21(20)29/h2-12,29H,14H2,1H3,(H,27,30)/b17-11+. The van der Waals surface area contributed by atoms with Crippen LogP contribution in [0.1, 0.15) is 11.1 Å². The fourth-order valence-corrected chi connectivity index (χ4v) is 3.19. The van der Waals surface area contributed by atoms with Gasteiger partial charge in [-0.15, -0.1) is 0 Å². The van der Waals surface area contributed by atoms with Gasteiger partial charge in [0, 0.05) is 16.7 Å². The lowest BCUT2D eigenvalue weighted by Crippen LogP contribution is -2.13. The summed E-state index contributed by atoms with van der Waals surface area (Å²) in [4.78, 5) is 22.8. The molecule has 0 aliphatic carbocycles. The SMILES string of the molecule is COc1cccc(/C=C(\C#N)C(=O)Nc2ccc([N+](=O)[O-])cc2O)c1OCc1cccc(Cl)c1. The van der Waals surface area contributed by atoms with E-state index >= 15 is 0 Å². The molecule has 2 N–H and O–H groups in total. The lowest BCUT2D eigenvalue weighted by atomic mass is 10.1. The maximum Gasteiger partial charge on any atom is 0.273 e. The van der Waals surface area contributed by atoms with Gasteiger partial charge in [-0.25, -0.2) is 0 Å². The minimum atomic E-state index is -0.824.